The molecule has 0 N–H and O–H groups in total. The molecule has 0 spiro atoms. The Morgan fingerprint density at radius 3 is 2.94 bits per heavy atom. The number of amides is 1. The van der Waals surface area contributed by atoms with Gasteiger partial charge in [0.25, 0.3) is 0 Å². The zero-order valence-corrected chi connectivity index (χ0v) is 10.5. The summed E-state index contributed by atoms with van der Waals surface area (Å²) in [5.41, 5.74) is 0. The number of carbonyl (C=O) groups excluding carboxylic acids is 1. The zero-order valence-electron chi connectivity index (χ0n) is 9.64. The third-order valence-corrected chi connectivity index (χ3v) is 3.23. The van der Waals surface area contributed by atoms with Gasteiger partial charge < -0.3 is 4.90 Å². The Morgan fingerprint density at radius 1 is 1.69 bits per heavy atom. The van der Waals surface area contributed by atoms with Crippen LogP contribution in [0.3, 0.4) is 0 Å². The van der Waals surface area contributed by atoms with E-state index < -0.39 is 0 Å². The van der Waals surface area contributed by atoms with Gasteiger partial charge in [0, 0.05) is 18.0 Å². The predicted octanol–water partition coefficient (Wildman–Crippen LogP) is 2.30. The van der Waals surface area contributed by atoms with E-state index in [0.29, 0.717) is 19.5 Å². The largest absolute Gasteiger partial charge is 0.341 e. The standard InChI is InChI=1S/C12H16N2OS/c1-3-14(9-10(2)8-13)12(15)7-11-5-4-6-16-11/h4-6,10H,3,7,9H2,1-2H3. The molecule has 0 saturated heterocycles. The molecule has 16 heavy (non-hydrogen) atoms. The molecule has 3 nitrogen and oxygen atoms in total. The van der Waals surface area contributed by atoms with Crippen molar-refractivity contribution in [2.24, 2.45) is 5.92 Å². The van der Waals surface area contributed by atoms with Gasteiger partial charge in [-0.25, -0.2) is 0 Å². The van der Waals surface area contributed by atoms with E-state index in [1.165, 1.54) is 0 Å². The lowest BCUT2D eigenvalue weighted by atomic mass is 10.2. The summed E-state index contributed by atoms with van der Waals surface area (Å²) in [6.07, 6.45) is 0.448. The zero-order chi connectivity index (χ0) is 12.0. The molecule has 0 aliphatic carbocycles. The second-order valence-corrected chi connectivity index (χ2v) is 4.75. The van der Waals surface area contributed by atoms with Gasteiger partial charge in [0.05, 0.1) is 18.4 Å². The van der Waals surface area contributed by atoms with E-state index in [9.17, 15) is 4.79 Å². The van der Waals surface area contributed by atoms with E-state index in [4.69, 9.17) is 5.26 Å². The smallest absolute Gasteiger partial charge is 0.227 e. The van der Waals surface area contributed by atoms with Crippen molar-refractivity contribution < 1.29 is 4.79 Å². The Kier molecular flexibility index (Phi) is 5.00. The molecule has 1 amide bonds. The quantitative estimate of drug-likeness (QED) is 0.787. The Morgan fingerprint density at radius 2 is 2.44 bits per heavy atom. The number of carbonyl (C=O) groups is 1. The number of rotatable bonds is 5. The van der Waals surface area contributed by atoms with E-state index in [0.717, 1.165) is 4.88 Å². The maximum Gasteiger partial charge on any atom is 0.227 e. The number of hydrogen-bond acceptors (Lipinski definition) is 3. The fraction of sp³-hybridized carbons (Fsp3) is 0.500. The SMILES string of the molecule is CCN(CC(C)C#N)C(=O)Cc1cccs1. The third-order valence-electron chi connectivity index (χ3n) is 2.35. The van der Waals surface area contributed by atoms with Crippen LogP contribution in [0.1, 0.15) is 18.7 Å². The molecule has 1 aromatic heterocycles. The molecule has 1 aromatic rings. The minimum atomic E-state index is -0.104. The van der Waals surface area contributed by atoms with Gasteiger partial charge in [0.1, 0.15) is 0 Å². The molecule has 4 heteroatoms. The van der Waals surface area contributed by atoms with Gasteiger partial charge in [-0.2, -0.15) is 5.26 Å². The average Bonchev–Trinajstić information content (AvgIpc) is 2.77. The van der Waals surface area contributed by atoms with Gasteiger partial charge in [-0.1, -0.05) is 6.07 Å². The second-order valence-electron chi connectivity index (χ2n) is 3.72. The van der Waals surface area contributed by atoms with Crippen LogP contribution < -0.4 is 0 Å². The van der Waals surface area contributed by atoms with Crippen LogP contribution in [0.15, 0.2) is 17.5 Å². The fourth-order valence-electron chi connectivity index (χ4n) is 1.45. The van der Waals surface area contributed by atoms with Crippen molar-refractivity contribution in [2.45, 2.75) is 20.3 Å². The van der Waals surface area contributed by atoms with Crippen LogP contribution in [0.5, 0.6) is 0 Å². The number of likely N-dealkylation sites (N-methyl/N-ethyl adjacent to an activating group) is 1. The van der Waals surface area contributed by atoms with E-state index in [1.807, 2.05) is 31.4 Å². The highest BCUT2D eigenvalue weighted by molar-refractivity contribution is 7.10. The molecular weight excluding hydrogens is 220 g/mol. The lowest BCUT2D eigenvalue weighted by Gasteiger charge is -2.21. The summed E-state index contributed by atoms with van der Waals surface area (Å²) in [6, 6.07) is 6.06. The van der Waals surface area contributed by atoms with Crippen LogP contribution in [-0.4, -0.2) is 23.9 Å². The Balaban J connectivity index is 2.53. The van der Waals surface area contributed by atoms with Crippen LogP contribution >= 0.6 is 11.3 Å². The highest BCUT2D eigenvalue weighted by Crippen LogP contribution is 2.11. The topological polar surface area (TPSA) is 44.1 Å². The van der Waals surface area contributed by atoms with E-state index >= 15 is 0 Å². The summed E-state index contributed by atoms with van der Waals surface area (Å²) >= 11 is 1.59. The number of nitriles is 1. The molecule has 0 fully saturated rings. The van der Waals surface area contributed by atoms with Crippen molar-refractivity contribution in [1.82, 2.24) is 4.90 Å². The first-order valence-electron chi connectivity index (χ1n) is 5.37. The first kappa shape index (κ1) is 12.7. The Labute approximate surface area is 100 Å². The van der Waals surface area contributed by atoms with Crippen molar-refractivity contribution in [3.63, 3.8) is 0 Å². The van der Waals surface area contributed by atoms with Crippen LogP contribution in [0.25, 0.3) is 0 Å². The maximum absolute atomic E-state index is 11.9. The monoisotopic (exact) mass is 236 g/mol. The molecule has 86 valence electrons. The molecule has 0 saturated carbocycles. The van der Waals surface area contributed by atoms with Crippen molar-refractivity contribution in [1.29, 1.82) is 5.26 Å². The van der Waals surface area contributed by atoms with E-state index in [-0.39, 0.29) is 11.8 Å². The Bertz CT molecular complexity index is 367. The summed E-state index contributed by atoms with van der Waals surface area (Å²) in [6.45, 7) is 4.96. The van der Waals surface area contributed by atoms with Gasteiger partial charge in [0.2, 0.25) is 5.91 Å². The summed E-state index contributed by atoms with van der Waals surface area (Å²) in [4.78, 5) is 14.7. The lowest BCUT2D eigenvalue weighted by molar-refractivity contribution is -0.130. The van der Waals surface area contributed by atoms with Crippen molar-refractivity contribution in [3.05, 3.63) is 22.4 Å². The molecule has 0 bridgehead atoms. The van der Waals surface area contributed by atoms with Crippen molar-refractivity contribution in [2.75, 3.05) is 13.1 Å². The van der Waals surface area contributed by atoms with Crippen molar-refractivity contribution in [3.8, 4) is 6.07 Å². The van der Waals surface area contributed by atoms with Gasteiger partial charge in [-0.05, 0) is 25.3 Å². The molecular formula is C12H16N2OS. The summed E-state index contributed by atoms with van der Waals surface area (Å²) in [5.74, 6) is -0.000661. The van der Waals surface area contributed by atoms with Gasteiger partial charge >= 0.3 is 0 Å². The first-order chi connectivity index (χ1) is 7.67. The molecule has 1 rings (SSSR count). The summed E-state index contributed by atoms with van der Waals surface area (Å²) in [7, 11) is 0. The minimum absolute atomic E-state index is 0.104. The number of hydrogen-bond donors (Lipinski definition) is 0. The molecule has 0 aromatic carbocycles. The fourth-order valence-corrected chi connectivity index (χ4v) is 2.15. The molecule has 1 unspecified atom stereocenters. The summed E-state index contributed by atoms with van der Waals surface area (Å²) in [5, 5.41) is 10.7. The molecule has 0 aliphatic heterocycles. The Hall–Kier alpha value is -1.34. The van der Waals surface area contributed by atoms with Crippen molar-refractivity contribution >= 4 is 17.2 Å². The minimum Gasteiger partial charge on any atom is -0.341 e. The van der Waals surface area contributed by atoms with Crippen LogP contribution in [-0.2, 0) is 11.2 Å². The molecule has 0 radical (unpaired) electrons. The van der Waals surface area contributed by atoms with Crippen LogP contribution in [0.2, 0.25) is 0 Å². The number of thiophene rings is 1. The predicted molar refractivity (Wildman–Crippen MR) is 65.1 cm³/mol. The lowest BCUT2D eigenvalue weighted by Crippen LogP contribution is -2.35. The van der Waals surface area contributed by atoms with Gasteiger partial charge in [-0.3, -0.25) is 4.79 Å². The van der Waals surface area contributed by atoms with E-state index in [2.05, 4.69) is 6.07 Å². The molecule has 0 aliphatic rings. The van der Waals surface area contributed by atoms with Gasteiger partial charge in [0.15, 0.2) is 0 Å². The van der Waals surface area contributed by atoms with Gasteiger partial charge in [-0.15, -0.1) is 11.3 Å². The highest BCUT2D eigenvalue weighted by Gasteiger charge is 2.15. The van der Waals surface area contributed by atoms with Crippen LogP contribution in [0.4, 0.5) is 0 Å². The number of nitrogens with zero attached hydrogens (tertiary/aromatic N) is 2. The first-order valence-corrected chi connectivity index (χ1v) is 6.25. The van der Waals surface area contributed by atoms with E-state index in [1.54, 1.807) is 16.2 Å². The molecule has 1 atom stereocenters. The third kappa shape index (κ3) is 3.67. The normalized spacial score (nSPS) is 11.8. The second kappa shape index (κ2) is 6.29. The maximum atomic E-state index is 11.9. The molecule has 1 heterocycles. The van der Waals surface area contributed by atoms with Crippen LogP contribution in [0, 0.1) is 17.2 Å². The highest BCUT2D eigenvalue weighted by atomic mass is 32.1. The average molecular weight is 236 g/mol. The summed E-state index contributed by atoms with van der Waals surface area (Å²) < 4.78 is 0.